The van der Waals surface area contributed by atoms with Gasteiger partial charge >= 0.3 is 5.97 Å². The van der Waals surface area contributed by atoms with Crippen LogP contribution in [0.25, 0.3) is 0 Å². The Balaban J connectivity index is 3.10. The average molecular weight is 245 g/mol. The van der Waals surface area contributed by atoms with Gasteiger partial charge in [0.25, 0.3) is 0 Å². The number of rotatable bonds is 1. The molecule has 1 heterocycles. The first-order chi connectivity index (χ1) is 5.69. The zero-order valence-corrected chi connectivity index (χ0v) is 8.66. The van der Waals surface area contributed by atoms with Crippen LogP contribution in [-0.4, -0.2) is 13.1 Å². The van der Waals surface area contributed by atoms with Crippen molar-refractivity contribution in [3.05, 3.63) is 20.3 Å². The second-order valence-electron chi connectivity index (χ2n) is 1.92. The molecular formula is C8H5BrO2S. The molecule has 0 bridgehead atoms. The number of thiophene rings is 1. The van der Waals surface area contributed by atoms with Crippen molar-refractivity contribution in [3.63, 3.8) is 0 Å². The lowest BCUT2D eigenvalue weighted by molar-refractivity contribution is 0.0605. The molecule has 0 amide bonds. The maximum Gasteiger partial charge on any atom is 0.349 e. The monoisotopic (exact) mass is 244 g/mol. The van der Waals surface area contributed by atoms with E-state index in [1.54, 1.807) is 6.07 Å². The quantitative estimate of drug-likeness (QED) is 0.560. The van der Waals surface area contributed by atoms with E-state index >= 15 is 0 Å². The van der Waals surface area contributed by atoms with Crippen LogP contribution < -0.4 is 0 Å². The smallest absolute Gasteiger partial charge is 0.349 e. The molecule has 0 fully saturated rings. The summed E-state index contributed by atoms with van der Waals surface area (Å²) in [6, 6.07) is 1.72. The largest absolute Gasteiger partial charge is 0.465 e. The summed E-state index contributed by atoms with van der Waals surface area (Å²) in [4.78, 5) is 12.3. The number of methoxy groups -OCH3 is 1. The number of carbonyl (C=O) groups is 1. The molecule has 4 heteroatoms. The Morgan fingerprint density at radius 1 is 1.83 bits per heavy atom. The number of carbonyl (C=O) groups excluding carboxylic acids is 1. The predicted octanol–water partition coefficient (Wildman–Crippen LogP) is 2.28. The molecule has 0 saturated carbocycles. The van der Waals surface area contributed by atoms with Gasteiger partial charge in [0.1, 0.15) is 4.88 Å². The molecule has 0 aromatic carbocycles. The Labute approximate surface area is 82.7 Å². The zero-order chi connectivity index (χ0) is 9.14. The highest BCUT2D eigenvalue weighted by molar-refractivity contribution is 9.10. The molecule has 0 aliphatic carbocycles. The lowest BCUT2D eigenvalue weighted by atomic mass is 10.4. The molecule has 12 heavy (non-hydrogen) atoms. The molecule has 0 aliphatic rings. The molecule has 1 rings (SSSR count). The van der Waals surface area contributed by atoms with Crippen LogP contribution in [0.15, 0.2) is 10.5 Å². The number of esters is 1. The molecule has 2 nitrogen and oxygen atoms in total. The van der Waals surface area contributed by atoms with E-state index in [0.717, 1.165) is 0 Å². The summed E-state index contributed by atoms with van der Waals surface area (Å²) in [5.74, 6) is 2.08. The molecule has 0 aliphatic heterocycles. The fourth-order valence-corrected chi connectivity index (χ4v) is 2.24. The first-order valence-corrected chi connectivity index (χ1v) is 4.64. The Morgan fingerprint density at radius 2 is 2.50 bits per heavy atom. The Kier molecular flexibility index (Phi) is 2.90. The van der Waals surface area contributed by atoms with Crippen molar-refractivity contribution in [1.29, 1.82) is 0 Å². The van der Waals surface area contributed by atoms with E-state index in [9.17, 15) is 4.79 Å². The lowest BCUT2D eigenvalue weighted by Gasteiger charge is -1.93. The SMILES string of the molecule is C#Cc1cc(Br)c(C(=O)OC)s1. The highest BCUT2D eigenvalue weighted by Gasteiger charge is 2.13. The number of terminal acetylenes is 1. The van der Waals surface area contributed by atoms with Crippen LogP contribution in [0.1, 0.15) is 14.5 Å². The van der Waals surface area contributed by atoms with E-state index in [0.29, 0.717) is 14.2 Å². The van der Waals surface area contributed by atoms with Crippen molar-refractivity contribution in [2.24, 2.45) is 0 Å². The molecule has 0 spiro atoms. The highest BCUT2D eigenvalue weighted by atomic mass is 79.9. The Bertz CT molecular complexity index is 348. The van der Waals surface area contributed by atoms with Crippen molar-refractivity contribution >= 4 is 33.2 Å². The minimum absolute atomic E-state index is 0.367. The summed E-state index contributed by atoms with van der Waals surface area (Å²) in [5, 5.41) is 0. The van der Waals surface area contributed by atoms with Gasteiger partial charge in [-0.2, -0.15) is 0 Å². The maximum absolute atomic E-state index is 11.1. The number of ether oxygens (including phenoxy) is 1. The summed E-state index contributed by atoms with van der Waals surface area (Å²) >= 11 is 4.45. The zero-order valence-electron chi connectivity index (χ0n) is 6.26. The fourth-order valence-electron chi connectivity index (χ4n) is 0.672. The lowest BCUT2D eigenvalue weighted by Crippen LogP contribution is -1.97. The second-order valence-corrected chi connectivity index (χ2v) is 3.83. The minimum atomic E-state index is -0.367. The van der Waals surface area contributed by atoms with E-state index in [2.05, 4.69) is 26.6 Å². The van der Waals surface area contributed by atoms with E-state index < -0.39 is 0 Å². The summed E-state index contributed by atoms with van der Waals surface area (Å²) in [6.45, 7) is 0. The third-order valence-electron chi connectivity index (χ3n) is 1.20. The van der Waals surface area contributed by atoms with Crippen LogP contribution in [-0.2, 0) is 4.74 Å². The van der Waals surface area contributed by atoms with Crippen molar-refractivity contribution in [2.75, 3.05) is 7.11 Å². The average Bonchev–Trinajstić information content (AvgIpc) is 2.45. The van der Waals surface area contributed by atoms with Crippen LogP contribution in [0.4, 0.5) is 0 Å². The number of halogens is 1. The van der Waals surface area contributed by atoms with E-state index in [4.69, 9.17) is 6.42 Å². The van der Waals surface area contributed by atoms with Gasteiger partial charge in [-0.15, -0.1) is 17.8 Å². The van der Waals surface area contributed by atoms with Crippen LogP contribution in [0, 0.1) is 12.3 Å². The second kappa shape index (κ2) is 3.74. The molecule has 0 atom stereocenters. The van der Waals surface area contributed by atoms with E-state index in [1.807, 2.05) is 0 Å². The van der Waals surface area contributed by atoms with Crippen LogP contribution >= 0.6 is 27.3 Å². The first-order valence-electron chi connectivity index (χ1n) is 3.03. The first kappa shape index (κ1) is 9.30. The highest BCUT2D eigenvalue weighted by Crippen LogP contribution is 2.27. The molecule has 0 unspecified atom stereocenters. The summed E-state index contributed by atoms with van der Waals surface area (Å²) in [7, 11) is 1.34. The van der Waals surface area contributed by atoms with E-state index in [1.165, 1.54) is 18.4 Å². The van der Waals surface area contributed by atoms with Crippen molar-refractivity contribution in [3.8, 4) is 12.3 Å². The molecule has 0 radical (unpaired) electrons. The normalized spacial score (nSPS) is 9.08. The Morgan fingerprint density at radius 3 is 2.92 bits per heavy atom. The summed E-state index contributed by atoms with van der Waals surface area (Å²) in [5.41, 5.74) is 0. The predicted molar refractivity (Wildman–Crippen MR) is 51.3 cm³/mol. The van der Waals surface area contributed by atoms with Gasteiger partial charge in [-0.05, 0) is 22.0 Å². The van der Waals surface area contributed by atoms with Crippen molar-refractivity contribution in [2.45, 2.75) is 0 Å². The molecule has 1 aromatic heterocycles. The summed E-state index contributed by atoms with van der Waals surface area (Å²) < 4.78 is 5.24. The third kappa shape index (κ3) is 1.68. The van der Waals surface area contributed by atoms with Crippen molar-refractivity contribution < 1.29 is 9.53 Å². The van der Waals surface area contributed by atoms with Gasteiger partial charge in [0.05, 0.1) is 12.0 Å². The van der Waals surface area contributed by atoms with Gasteiger partial charge in [0.15, 0.2) is 0 Å². The summed E-state index contributed by atoms with van der Waals surface area (Å²) in [6.07, 6.45) is 5.16. The molecule has 0 saturated heterocycles. The van der Waals surface area contributed by atoms with Gasteiger partial charge in [-0.1, -0.05) is 5.92 Å². The number of hydrogen-bond acceptors (Lipinski definition) is 3. The molecule has 62 valence electrons. The molecular weight excluding hydrogens is 240 g/mol. The van der Waals surface area contributed by atoms with E-state index in [-0.39, 0.29) is 5.97 Å². The van der Waals surface area contributed by atoms with Crippen LogP contribution in [0.5, 0.6) is 0 Å². The topological polar surface area (TPSA) is 26.3 Å². The number of hydrogen-bond donors (Lipinski definition) is 0. The van der Waals surface area contributed by atoms with Crippen molar-refractivity contribution in [1.82, 2.24) is 0 Å². The fraction of sp³-hybridized carbons (Fsp3) is 0.125. The molecule has 0 N–H and O–H groups in total. The maximum atomic E-state index is 11.1. The van der Waals surface area contributed by atoms with Gasteiger partial charge in [-0.25, -0.2) is 4.79 Å². The Hall–Kier alpha value is -0.790. The van der Waals surface area contributed by atoms with Gasteiger partial charge in [-0.3, -0.25) is 0 Å². The molecule has 1 aromatic rings. The third-order valence-corrected chi connectivity index (χ3v) is 3.13. The van der Waals surface area contributed by atoms with Gasteiger partial charge < -0.3 is 4.74 Å². The minimum Gasteiger partial charge on any atom is -0.465 e. The van der Waals surface area contributed by atoms with Crippen LogP contribution in [0.3, 0.4) is 0 Å². The standard InChI is InChI=1S/C8H5BrO2S/c1-3-5-4-6(9)7(12-5)8(10)11-2/h1,4H,2H3. The van der Waals surface area contributed by atoms with Gasteiger partial charge in [0.2, 0.25) is 0 Å². The van der Waals surface area contributed by atoms with Crippen LogP contribution in [0.2, 0.25) is 0 Å². The van der Waals surface area contributed by atoms with Gasteiger partial charge in [0, 0.05) is 4.47 Å².